The number of likely N-dealkylation sites (N-methyl/N-ethyl adjacent to an activating group) is 2. The minimum Gasteiger partial charge on any atom is -0.465 e. The first kappa shape index (κ1) is 17.2. The first-order valence-electron chi connectivity index (χ1n) is 8.22. The average molecular weight is 312 g/mol. The van der Waals surface area contributed by atoms with Crippen molar-refractivity contribution in [2.75, 3.05) is 47.0 Å². The molecule has 0 atom stereocenters. The summed E-state index contributed by atoms with van der Waals surface area (Å²) in [6.07, 6.45) is 3.32. The number of hydrogen-bond acceptors (Lipinski definition) is 5. The molecule has 1 heterocycles. The Morgan fingerprint density at radius 3 is 2.36 bits per heavy atom. The van der Waals surface area contributed by atoms with E-state index in [4.69, 9.17) is 9.47 Å². The van der Waals surface area contributed by atoms with Crippen LogP contribution in [0.5, 0.6) is 0 Å². The van der Waals surface area contributed by atoms with Crippen molar-refractivity contribution in [3.8, 4) is 0 Å². The van der Waals surface area contributed by atoms with E-state index in [1.165, 1.54) is 12.8 Å². The van der Waals surface area contributed by atoms with Gasteiger partial charge in [-0.25, -0.2) is 0 Å². The van der Waals surface area contributed by atoms with E-state index < -0.39 is 11.4 Å². The van der Waals surface area contributed by atoms with E-state index in [0.29, 0.717) is 45.2 Å². The molecule has 1 aliphatic heterocycles. The van der Waals surface area contributed by atoms with Crippen LogP contribution in [0.2, 0.25) is 0 Å². The number of rotatable bonds is 7. The van der Waals surface area contributed by atoms with E-state index in [-0.39, 0.29) is 5.91 Å². The molecule has 2 aliphatic rings. The molecule has 0 bridgehead atoms. The van der Waals surface area contributed by atoms with Gasteiger partial charge in [0.15, 0.2) is 5.41 Å². The maximum Gasteiger partial charge on any atom is 0.321 e. The van der Waals surface area contributed by atoms with Gasteiger partial charge < -0.3 is 19.3 Å². The SMILES string of the molecule is CCOC(=O)C1(C(=O)N(C)CCN(C)C2CC2)CCOCC1. The number of ether oxygens (including phenoxy) is 2. The first-order valence-corrected chi connectivity index (χ1v) is 8.22. The summed E-state index contributed by atoms with van der Waals surface area (Å²) >= 11 is 0. The molecular formula is C16H28N2O4. The van der Waals surface area contributed by atoms with E-state index in [1.807, 2.05) is 0 Å². The summed E-state index contributed by atoms with van der Waals surface area (Å²) < 4.78 is 10.5. The zero-order valence-corrected chi connectivity index (χ0v) is 14.0. The van der Waals surface area contributed by atoms with Gasteiger partial charge in [-0.15, -0.1) is 0 Å². The highest BCUT2D eigenvalue weighted by molar-refractivity contribution is 6.02. The van der Waals surface area contributed by atoms with E-state index in [2.05, 4.69) is 11.9 Å². The van der Waals surface area contributed by atoms with Crippen LogP contribution < -0.4 is 0 Å². The fraction of sp³-hybridized carbons (Fsp3) is 0.875. The molecule has 1 aliphatic carbocycles. The van der Waals surface area contributed by atoms with Gasteiger partial charge in [0.05, 0.1) is 6.61 Å². The van der Waals surface area contributed by atoms with E-state index in [1.54, 1.807) is 18.9 Å². The molecule has 0 radical (unpaired) electrons. The lowest BCUT2D eigenvalue weighted by Gasteiger charge is -2.36. The van der Waals surface area contributed by atoms with E-state index in [9.17, 15) is 9.59 Å². The van der Waals surface area contributed by atoms with E-state index >= 15 is 0 Å². The summed E-state index contributed by atoms with van der Waals surface area (Å²) in [7, 11) is 3.87. The van der Waals surface area contributed by atoms with Crippen molar-refractivity contribution in [1.29, 1.82) is 0 Å². The first-order chi connectivity index (χ1) is 10.5. The fourth-order valence-corrected chi connectivity index (χ4v) is 2.97. The summed E-state index contributed by atoms with van der Waals surface area (Å²) in [6, 6.07) is 0.672. The van der Waals surface area contributed by atoms with Gasteiger partial charge in [0, 0.05) is 39.4 Å². The van der Waals surface area contributed by atoms with Crippen LogP contribution in [0.4, 0.5) is 0 Å². The smallest absolute Gasteiger partial charge is 0.321 e. The molecule has 0 aromatic rings. The molecule has 1 saturated carbocycles. The Labute approximate surface area is 132 Å². The van der Waals surface area contributed by atoms with Crippen molar-refractivity contribution < 1.29 is 19.1 Å². The lowest BCUT2D eigenvalue weighted by atomic mass is 9.78. The van der Waals surface area contributed by atoms with E-state index in [0.717, 1.165) is 6.54 Å². The predicted octanol–water partition coefficient (Wildman–Crippen LogP) is 0.899. The number of carbonyl (C=O) groups excluding carboxylic acids is 2. The third-order valence-electron chi connectivity index (χ3n) is 4.73. The summed E-state index contributed by atoms with van der Waals surface area (Å²) in [5.74, 6) is -0.524. The molecule has 0 spiro atoms. The molecule has 1 amide bonds. The van der Waals surface area contributed by atoms with Crippen molar-refractivity contribution in [3.05, 3.63) is 0 Å². The third kappa shape index (κ3) is 3.79. The fourth-order valence-electron chi connectivity index (χ4n) is 2.97. The molecule has 1 saturated heterocycles. The Balaban J connectivity index is 1.98. The zero-order valence-electron chi connectivity index (χ0n) is 14.0. The Kier molecular flexibility index (Phi) is 5.81. The van der Waals surface area contributed by atoms with Crippen LogP contribution >= 0.6 is 0 Å². The van der Waals surface area contributed by atoms with Crippen LogP contribution in [0.15, 0.2) is 0 Å². The molecule has 0 aromatic heterocycles. The molecule has 0 unspecified atom stereocenters. The summed E-state index contributed by atoms with van der Waals surface area (Å²) in [4.78, 5) is 29.2. The molecule has 6 heteroatoms. The maximum atomic E-state index is 12.9. The van der Waals surface area contributed by atoms with Crippen LogP contribution in [0, 0.1) is 5.41 Å². The topological polar surface area (TPSA) is 59.1 Å². The van der Waals surface area contributed by atoms with Crippen molar-refractivity contribution in [2.45, 2.75) is 38.6 Å². The van der Waals surface area contributed by atoms with Gasteiger partial charge >= 0.3 is 5.97 Å². The van der Waals surface area contributed by atoms with Gasteiger partial charge in [-0.1, -0.05) is 0 Å². The van der Waals surface area contributed by atoms with Gasteiger partial charge in [-0.3, -0.25) is 9.59 Å². The van der Waals surface area contributed by atoms with Crippen molar-refractivity contribution in [1.82, 2.24) is 9.80 Å². The molecule has 6 nitrogen and oxygen atoms in total. The molecule has 2 fully saturated rings. The number of esters is 1. The largest absolute Gasteiger partial charge is 0.465 e. The minimum absolute atomic E-state index is 0.126. The molecular weight excluding hydrogens is 284 g/mol. The third-order valence-corrected chi connectivity index (χ3v) is 4.73. The maximum absolute atomic E-state index is 12.9. The van der Waals surface area contributed by atoms with Crippen LogP contribution in [0.1, 0.15) is 32.6 Å². The Morgan fingerprint density at radius 2 is 1.82 bits per heavy atom. The van der Waals surface area contributed by atoms with Crippen molar-refractivity contribution in [2.24, 2.45) is 5.41 Å². The highest BCUT2D eigenvalue weighted by Crippen LogP contribution is 2.34. The molecule has 126 valence electrons. The highest BCUT2D eigenvalue weighted by atomic mass is 16.5. The second kappa shape index (κ2) is 7.42. The number of nitrogens with zero attached hydrogens (tertiary/aromatic N) is 2. The monoisotopic (exact) mass is 312 g/mol. The molecule has 2 rings (SSSR count). The van der Waals surface area contributed by atoms with Crippen LogP contribution in [-0.2, 0) is 19.1 Å². The van der Waals surface area contributed by atoms with Gasteiger partial charge in [0.2, 0.25) is 5.91 Å². The molecule has 22 heavy (non-hydrogen) atoms. The minimum atomic E-state index is -1.05. The Morgan fingerprint density at radius 1 is 1.18 bits per heavy atom. The van der Waals surface area contributed by atoms with Crippen LogP contribution in [0.25, 0.3) is 0 Å². The van der Waals surface area contributed by atoms with Crippen molar-refractivity contribution in [3.63, 3.8) is 0 Å². The average Bonchev–Trinajstić information content (AvgIpc) is 3.37. The van der Waals surface area contributed by atoms with Gasteiger partial charge in [-0.05, 0) is 39.7 Å². The van der Waals surface area contributed by atoms with Gasteiger partial charge in [0.25, 0.3) is 0 Å². The van der Waals surface area contributed by atoms with Crippen molar-refractivity contribution >= 4 is 11.9 Å². The highest BCUT2D eigenvalue weighted by Gasteiger charge is 2.49. The quantitative estimate of drug-likeness (QED) is 0.516. The standard InChI is InChI=1S/C16H28N2O4/c1-4-22-15(20)16(7-11-21-12-8-16)14(19)18(3)10-9-17(2)13-5-6-13/h13H,4-12H2,1-3H3. The number of hydrogen-bond donors (Lipinski definition) is 0. The molecule has 0 aromatic carbocycles. The molecule has 0 N–H and O–H groups in total. The lowest BCUT2D eigenvalue weighted by molar-refractivity contribution is -0.171. The van der Waals surface area contributed by atoms with Crippen LogP contribution in [-0.4, -0.2) is 74.7 Å². The Hall–Kier alpha value is -1.14. The summed E-state index contributed by atoms with van der Waals surface area (Å²) in [6.45, 7) is 4.39. The van der Waals surface area contributed by atoms with Gasteiger partial charge in [0.1, 0.15) is 0 Å². The Bertz CT molecular complexity index is 403. The second-order valence-corrected chi connectivity index (χ2v) is 6.35. The van der Waals surface area contributed by atoms with Gasteiger partial charge in [-0.2, -0.15) is 0 Å². The normalized spacial score (nSPS) is 20.7. The summed E-state index contributed by atoms with van der Waals surface area (Å²) in [5, 5.41) is 0. The summed E-state index contributed by atoms with van der Waals surface area (Å²) in [5.41, 5.74) is -1.05. The zero-order chi connectivity index (χ0) is 16.2. The van der Waals surface area contributed by atoms with Crippen LogP contribution in [0.3, 0.4) is 0 Å². The second-order valence-electron chi connectivity index (χ2n) is 6.35. The lowest BCUT2D eigenvalue weighted by Crippen LogP contribution is -2.52. The predicted molar refractivity (Wildman–Crippen MR) is 82.4 cm³/mol. The number of carbonyl (C=O) groups is 2. The number of amides is 1.